The van der Waals surface area contributed by atoms with Crippen molar-refractivity contribution in [1.82, 2.24) is 0 Å². The van der Waals surface area contributed by atoms with E-state index in [1.54, 1.807) is 0 Å². The summed E-state index contributed by atoms with van der Waals surface area (Å²) in [5.74, 6) is -0.100. The van der Waals surface area contributed by atoms with Gasteiger partial charge in [0.1, 0.15) is 6.10 Å². The van der Waals surface area contributed by atoms with Crippen LogP contribution >= 0.6 is 0 Å². The molecule has 3 aliphatic heterocycles. The number of unbranched alkanes of at least 4 members (excludes halogenated alkanes) is 26. The van der Waals surface area contributed by atoms with Gasteiger partial charge in [-0.3, -0.25) is 0 Å². The van der Waals surface area contributed by atoms with Gasteiger partial charge in [-0.05, 0) is 83.6 Å². The van der Waals surface area contributed by atoms with E-state index >= 15 is 0 Å². The first-order chi connectivity index (χ1) is 28.4. The summed E-state index contributed by atoms with van der Waals surface area (Å²) in [6.07, 6.45) is 46.0. The van der Waals surface area contributed by atoms with E-state index in [0.29, 0.717) is 6.42 Å². The van der Waals surface area contributed by atoms with E-state index in [9.17, 15) is 20.1 Å². The van der Waals surface area contributed by atoms with Crippen LogP contribution in [0.4, 0.5) is 0 Å². The number of hydrogen-bond donors (Lipinski definition) is 3. The van der Waals surface area contributed by atoms with Crippen LogP contribution in [0.15, 0.2) is 11.6 Å². The average molecular weight is 819 g/mol. The summed E-state index contributed by atoms with van der Waals surface area (Å²) in [6, 6.07) is 0. The number of carbonyl (C=O) groups excluding carboxylic acids is 1. The number of aliphatic hydroxyl groups excluding tert-OH is 3. The van der Waals surface area contributed by atoms with Crippen molar-refractivity contribution in [3.63, 3.8) is 0 Å². The maximum atomic E-state index is 11.7. The van der Waals surface area contributed by atoms with Crippen molar-refractivity contribution >= 4 is 5.97 Å². The van der Waals surface area contributed by atoms with Crippen molar-refractivity contribution in [3.05, 3.63) is 11.6 Å². The molecule has 3 rings (SSSR count). The van der Waals surface area contributed by atoms with E-state index in [1.807, 2.05) is 13.0 Å². The largest absolute Gasteiger partial charge is 0.455 e. The van der Waals surface area contributed by atoms with Gasteiger partial charge in [-0.2, -0.15) is 0 Å². The minimum absolute atomic E-state index is 0.0259. The highest BCUT2D eigenvalue weighted by Crippen LogP contribution is 2.35. The number of cyclic esters (lactones) is 1. The lowest BCUT2D eigenvalue weighted by molar-refractivity contribution is -0.139. The van der Waals surface area contributed by atoms with Gasteiger partial charge < -0.3 is 29.5 Å². The smallest absolute Gasteiger partial charge is 0.334 e. The number of ether oxygens (including phenoxy) is 3. The van der Waals surface area contributed by atoms with Crippen LogP contribution in [-0.4, -0.2) is 70.1 Å². The first-order valence-electron chi connectivity index (χ1n) is 25.6. The van der Waals surface area contributed by atoms with E-state index in [2.05, 4.69) is 6.92 Å². The molecule has 340 valence electrons. The first-order valence-corrected chi connectivity index (χ1v) is 25.6. The average Bonchev–Trinajstić information content (AvgIpc) is 3.98. The van der Waals surface area contributed by atoms with Crippen LogP contribution in [0.25, 0.3) is 0 Å². The van der Waals surface area contributed by atoms with Gasteiger partial charge in [-0.25, -0.2) is 4.79 Å². The van der Waals surface area contributed by atoms with E-state index < -0.39 is 6.10 Å². The van der Waals surface area contributed by atoms with Crippen molar-refractivity contribution in [2.24, 2.45) is 0 Å². The van der Waals surface area contributed by atoms with Crippen molar-refractivity contribution in [1.29, 1.82) is 0 Å². The van der Waals surface area contributed by atoms with Crippen LogP contribution in [0.2, 0.25) is 0 Å². The maximum absolute atomic E-state index is 11.7. The zero-order chi connectivity index (χ0) is 41.5. The molecule has 3 N–H and O–H groups in total. The van der Waals surface area contributed by atoms with Gasteiger partial charge in [-0.15, -0.1) is 0 Å². The molecule has 3 aliphatic rings. The summed E-state index contributed by atoms with van der Waals surface area (Å²) >= 11 is 0. The summed E-state index contributed by atoms with van der Waals surface area (Å²) in [7, 11) is 0. The topological polar surface area (TPSA) is 105 Å². The molecular formula is C51H94O7. The Kier molecular flexibility index (Phi) is 29.8. The van der Waals surface area contributed by atoms with Gasteiger partial charge in [0.2, 0.25) is 0 Å². The fourth-order valence-corrected chi connectivity index (χ4v) is 9.75. The normalized spacial score (nSPS) is 23.7. The van der Waals surface area contributed by atoms with Crippen molar-refractivity contribution < 1.29 is 34.3 Å². The van der Waals surface area contributed by atoms with Crippen LogP contribution in [0.3, 0.4) is 0 Å². The fourth-order valence-electron chi connectivity index (χ4n) is 9.75. The lowest BCUT2D eigenvalue weighted by Gasteiger charge is -2.24. The van der Waals surface area contributed by atoms with Crippen molar-refractivity contribution in [2.75, 3.05) is 0 Å². The standard InChI is InChI=1S/C51H94O7/c1-3-4-5-6-7-23-26-29-33-44(52)34-31-36-46(54)48-38-40-50(58-48)49-39-37-47(57-49)45(53)35-30-27-24-21-19-17-15-13-11-9-8-10-12-14-16-18-20-22-25-28-32-43-41-42(2)56-51(43)55/h41-42,44-50,52-54H,3-40H2,1-2H3. The lowest BCUT2D eigenvalue weighted by Crippen LogP contribution is -2.33. The van der Waals surface area contributed by atoms with E-state index in [-0.39, 0.29) is 48.7 Å². The third kappa shape index (κ3) is 23.9. The highest BCUT2D eigenvalue weighted by atomic mass is 16.6. The fraction of sp³-hybridized carbons (Fsp3) is 0.941. The SMILES string of the molecule is CCCCCCCCCCC(O)CCCC(O)C1CCC(C2CCC(C(O)CCCCCCCCCCCCCCCCCCCCCCC3=CC(C)OC3=O)O2)O1. The highest BCUT2D eigenvalue weighted by Gasteiger charge is 2.40. The van der Waals surface area contributed by atoms with Crippen LogP contribution in [0, 0.1) is 0 Å². The number of carbonyl (C=O) groups is 1. The quantitative estimate of drug-likeness (QED) is 0.0419. The predicted molar refractivity (Wildman–Crippen MR) is 240 cm³/mol. The Hall–Kier alpha value is -0.990. The molecule has 2 fully saturated rings. The van der Waals surface area contributed by atoms with Crippen LogP contribution in [0.5, 0.6) is 0 Å². The van der Waals surface area contributed by atoms with Gasteiger partial charge in [0.15, 0.2) is 0 Å². The predicted octanol–water partition coefficient (Wildman–Crippen LogP) is 13.3. The molecule has 58 heavy (non-hydrogen) atoms. The molecule has 8 unspecified atom stereocenters. The second-order valence-electron chi connectivity index (χ2n) is 19.0. The summed E-state index contributed by atoms with van der Waals surface area (Å²) < 4.78 is 17.8. The summed E-state index contributed by atoms with van der Waals surface area (Å²) in [4.78, 5) is 11.7. The molecule has 0 aromatic heterocycles. The zero-order valence-electron chi connectivity index (χ0n) is 38.0. The summed E-state index contributed by atoms with van der Waals surface area (Å²) in [5, 5.41) is 32.1. The molecule has 0 saturated carbocycles. The summed E-state index contributed by atoms with van der Waals surface area (Å²) in [5.41, 5.74) is 0.889. The molecule has 0 aromatic carbocycles. The molecule has 8 atom stereocenters. The number of rotatable bonds is 39. The molecule has 0 bridgehead atoms. The third-order valence-electron chi connectivity index (χ3n) is 13.6. The first kappa shape index (κ1) is 51.4. The number of esters is 1. The molecule has 0 radical (unpaired) electrons. The van der Waals surface area contributed by atoms with Crippen LogP contribution in [-0.2, 0) is 19.0 Å². The van der Waals surface area contributed by atoms with Crippen molar-refractivity contribution in [2.45, 2.75) is 307 Å². The highest BCUT2D eigenvalue weighted by molar-refractivity contribution is 5.90. The Morgan fingerprint density at radius 2 is 0.862 bits per heavy atom. The van der Waals surface area contributed by atoms with E-state index in [1.165, 1.54) is 161 Å². The molecule has 3 heterocycles. The molecule has 7 heteroatoms. The molecule has 0 aromatic rings. The van der Waals surface area contributed by atoms with Gasteiger partial charge in [0.25, 0.3) is 0 Å². The second kappa shape index (κ2) is 33.6. The third-order valence-corrected chi connectivity index (χ3v) is 13.6. The second-order valence-corrected chi connectivity index (χ2v) is 19.0. The van der Waals surface area contributed by atoms with Crippen LogP contribution in [0.1, 0.15) is 258 Å². The van der Waals surface area contributed by atoms with Crippen LogP contribution < -0.4 is 0 Å². The molecular weight excluding hydrogens is 725 g/mol. The number of aliphatic hydroxyl groups is 3. The van der Waals surface area contributed by atoms with Gasteiger partial charge in [-0.1, -0.05) is 180 Å². The van der Waals surface area contributed by atoms with E-state index in [0.717, 1.165) is 82.6 Å². The monoisotopic (exact) mass is 819 g/mol. The van der Waals surface area contributed by atoms with Gasteiger partial charge >= 0.3 is 5.97 Å². The molecule has 0 amide bonds. The molecule has 7 nitrogen and oxygen atoms in total. The molecule has 0 spiro atoms. The minimum atomic E-state index is -0.474. The Labute approximate surface area is 357 Å². The minimum Gasteiger partial charge on any atom is -0.455 e. The Morgan fingerprint density at radius 3 is 1.28 bits per heavy atom. The molecule has 2 saturated heterocycles. The van der Waals surface area contributed by atoms with Crippen molar-refractivity contribution in [3.8, 4) is 0 Å². The maximum Gasteiger partial charge on any atom is 0.334 e. The lowest BCUT2D eigenvalue weighted by atomic mass is 9.99. The zero-order valence-corrected chi connectivity index (χ0v) is 38.0. The Morgan fingerprint density at radius 1 is 0.500 bits per heavy atom. The van der Waals surface area contributed by atoms with Gasteiger partial charge in [0, 0.05) is 5.57 Å². The number of hydrogen-bond acceptors (Lipinski definition) is 7. The Balaban J connectivity index is 1.02. The summed E-state index contributed by atoms with van der Waals surface area (Å²) in [6.45, 7) is 4.19. The molecule has 0 aliphatic carbocycles. The Bertz CT molecular complexity index is 1020. The van der Waals surface area contributed by atoms with E-state index in [4.69, 9.17) is 14.2 Å². The van der Waals surface area contributed by atoms with Gasteiger partial charge in [0.05, 0.1) is 42.7 Å².